The van der Waals surface area contributed by atoms with Gasteiger partial charge in [0, 0.05) is 10.4 Å². The topological polar surface area (TPSA) is 68.0 Å². The smallest absolute Gasteiger partial charge is 0.277 e. The largest absolute Gasteiger partial charge is 0.410 e. The number of carbonyl (C=O) groups excluding carboxylic acids is 1. The van der Waals surface area contributed by atoms with Crippen LogP contribution in [0.3, 0.4) is 0 Å². The minimum atomic E-state index is -0.190. The zero-order valence-corrected chi connectivity index (χ0v) is 16.9. The Labute approximate surface area is 157 Å². The number of fused-ring (bicyclic) bond motifs is 1. The van der Waals surface area contributed by atoms with Crippen LogP contribution in [0.2, 0.25) is 0 Å². The van der Waals surface area contributed by atoms with E-state index in [1.807, 2.05) is 13.8 Å². The number of thiophene rings is 1. The maximum atomic E-state index is 12.0. The molecular formula is C18H25N3O2S2. The van der Waals surface area contributed by atoms with Crippen LogP contribution in [0, 0.1) is 5.92 Å². The minimum Gasteiger partial charge on any atom is -0.410 e. The van der Waals surface area contributed by atoms with E-state index in [4.69, 9.17) is 4.42 Å². The van der Waals surface area contributed by atoms with E-state index in [0.29, 0.717) is 11.1 Å². The molecule has 25 heavy (non-hydrogen) atoms. The van der Waals surface area contributed by atoms with Crippen molar-refractivity contribution in [3.8, 4) is 10.8 Å². The highest BCUT2D eigenvalue weighted by molar-refractivity contribution is 7.99. The van der Waals surface area contributed by atoms with Crippen LogP contribution < -0.4 is 5.32 Å². The van der Waals surface area contributed by atoms with Crippen molar-refractivity contribution in [2.24, 2.45) is 5.92 Å². The standard InChI is InChI=1S/C18H25N3O2S2/c1-5-18(3,4)19-15(22)10-24-17-21-20-16(23-17)14-9-12-8-11(2)6-7-13(12)25-14/h9,11H,5-8,10H2,1-4H3,(H,19,22). The zero-order chi connectivity index (χ0) is 18.0. The van der Waals surface area contributed by atoms with Gasteiger partial charge in [0.05, 0.1) is 10.6 Å². The first kappa shape index (κ1) is 18.5. The SMILES string of the molecule is CCC(C)(C)NC(=O)CSc1nnc(-c2cc3c(s2)CCC(C)C3)o1. The van der Waals surface area contributed by atoms with Gasteiger partial charge in [-0.2, -0.15) is 0 Å². The van der Waals surface area contributed by atoms with Crippen molar-refractivity contribution in [3.05, 3.63) is 16.5 Å². The predicted octanol–water partition coefficient (Wildman–Crippen LogP) is 4.32. The highest BCUT2D eigenvalue weighted by atomic mass is 32.2. The summed E-state index contributed by atoms with van der Waals surface area (Å²) in [5, 5.41) is 11.7. The third kappa shape index (κ3) is 4.64. The molecule has 1 atom stereocenters. The molecule has 0 spiro atoms. The summed E-state index contributed by atoms with van der Waals surface area (Å²) in [5.41, 5.74) is 1.23. The van der Waals surface area contributed by atoms with Gasteiger partial charge in [-0.1, -0.05) is 25.6 Å². The van der Waals surface area contributed by atoms with Crippen LogP contribution in [0.15, 0.2) is 15.7 Å². The summed E-state index contributed by atoms with van der Waals surface area (Å²) in [4.78, 5) is 14.5. The Morgan fingerprint density at radius 1 is 1.48 bits per heavy atom. The molecule has 5 nitrogen and oxygen atoms in total. The number of carbonyl (C=O) groups is 1. The number of hydrogen-bond donors (Lipinski definition) is 1. The molecular weight excluding hydrogens is 354 g/mol. The first-order chi connectivity index (χ1) is 11.9. The summed E-state index contributed by atoms with van der Waals surface area (Å²) in [6.45, 7) is 8.38. The molecule has 0 saturated heterocycles. The summed E-state index contributed by atoms with van der Waals surface area (Å²) >= 11 is 3.04. The van der Waals surface area contributed by atoms with E-state index in [1.165, 1.54) is 28.6 Å². The van der Waals surface area contributed by atoms with E-state index >= 15 is 0 Å². The number of nitrogens with zero attached hydrogens (tertiary/aromatic N) is 2. The Balaban J connectivity index is 1.60. The van der Waals surface area contributed by atoms with Gasteiger partial charge in [-0.05, 0) is 57.1 Å². The van der Waals surface area contributed by atoms with Crippen LogP contribution >= 0.6 is 23.1 Å². The highest BCUT2D eigenvalue weighted by Gasteiger charge is 2.22. The normalized spacial score (nSPS) is 17.4. The summed E-state index contributed by atoms with van der Waals surface area (Å²) in [5.74, 6) is 1.57. The van der Waals surface area contributed by atoms with E-state index in [0.717, 1.165) is 30.1 Å². The Morgan fingerprint density at radius 3 is 3.04 bits per heavy atom. The summed E-state index contributed by atoms with van der Waals surface area (Å²) in [7, 11) is 0. The van der Waals surface area contributed by atoms with E-state index in [9.17, 15) is 4.79 Å². The number of aryl methyl sites for hydroxylation is 1. The molecule has 1 aliphatic rings. The van der Waals surface area contributed by atoms with Crippen molar-refractivity contribution in [3.63, 3.8) is 0 Å². The van der Waals surface area contributed by atoms with Crippen LogP contribution in [0.1, 0.15) is 51.0 Å². The van der Waals surface area contributed by atoms with E-state index < -0.39 is 0 Å². The van der Waals surface area contributed by atoms with Crippen molar-refractivity contribution in [1.82, 2.24) is 15.5 Å². The molecule has 3 rings (SSSR count). The second-order valence-electron chi connectivity index (χ2n) is 7.35. The van der Waals surface area contributed by atoms with Gasteiger partial charge in [0.1, 0.15) is 0 Å². The highest BCUT2D eigenvalue weighted by Crippen LogP contribution is 2.37. The van der Waals surface area contributed by atoms with Crippen molar-refractivity contribution >= 4 is 29.0 Å². The average Bonchev–Trinajstić information content (AvgIpc) is 3.18. The first-order valence-corrected chi connectivity index (χ1v) is 10.6. The zero-order valence-electron chi connectivity index (χ0n) is 15.2. The molecule has 0 radical (unpaired) electrons. The number of hydrogen-bond acceptors (Lipinski definition) is 6. The summed E-state index contributed by atoms with van der Waals surface area (Å²) < 4.78 is 5.75. The predicted molar refractivity (Wildman–Crippen MR) is 102 cm³/mol. The van der Waals surface area contributed by atoms with E-state index in [2.05, 4.69) is 35.4 Å². The molecule has 2 heterocycles. The molecule has 2 aromatic rings. The van der Waals surface area contributed by atoms with Crippen LogP contribution in [-0.2, 0) is 17.6 Å². The molecule has 0 fully saturated rings. The maximum absolute atomic E-state index is 12.0. The fraction of sp³-hybridized carbons (Fsp3) is 0.611. The Hall–Kier alpha value is -1.34. The van der Waals surface area contributed by atoms with Crippen LogP contribution in [-0.4, -0.2) is 27.4 Å². The second kappa shape index (κ2) is 7.50. The van der Waals surface area contributed by atoms with Crippen molar-refractivity contribution < 1.29 is 9.21 Å². The van der Waals surface area contributed by atoms with Crippen LogP contribution in [0.4, 0.5) is 0 Å². The fourth-order valence-corrected chi connectivity index (χ4v) is 4.50. The van der Waals surface area contributed by atoms with Gasteiger partial charge in [0.25, 0.3) is 11.1 Å². The third-order valence-corrected chi connectivity index (χ3v) is 6.68. The number of nitrogens with one attached hydrogen (secondary N) is 1. The molecule has 136 valence electrons. The van der Waals surface area contributed by atoms with Gasteiger partial charge in [0.15, 0.2) is 0 Å². The van der Waals surface area contributed by atoms with Crippen molar-refractivity contribution in [1.29, 1.82) is 0 Å². The van der Waals surface area contributed by atoms with Gasteiger partial charge in [-0.15, -0.1) is 21.5 Å². The third-order valence-electron chi connectivity index (χ3n) is 4.63. The minimum absolute atomic E-state index is 0.0165. The second-order valence-corrected chi connectivity index (χ2v) is 9.42. The molecule has 1 aliphatic carbocycles. The first-order valence-electron chi connectivity index (χ1n) is 8.75. The van der Waals surface area contributed by atoms with E-state index in [-0.39, 0.29) is 17.2 Å². The van der Waals surface area contributed by atoms with Crippen molar-refractivity contribution in [2.75, 3.05) is 5.75 Å². The average molecular weight is 380 g/mol. The molecule has 1 unspecified atom stereocenters. The lowest BCUT2D eigenvalue weighted by atomic mass is 9.90. The van der Waals surface area contributed by atoms with Crippen molar-refractivity contribution in [2.45, 2.75) is 64.1 Å². The molecule has 1 N–H and O–H groups in total. The summed E-state index contributed by atoms with van der Waals surface area (Å²) in [6.07, 6.45) is 4.41. The maximum Gasteiger partial charge on any atom is 0.277 e. The molecule has 2 aromatic heterocycles. The van der Waals surface area contributed by atoms with Crippen LogP contribution in [0.5, 0.6) is 0 Å². The lowest BCUT2D eigenvalue weighted by Gasteiger charge is -2.24. The number of rotatable bonds is 6. The Kier molecular flexibility index (Phi) is 5.53. The van der Waals surface area contributed by atoms with Gasteiger partial charge in [0.2, 0.25) is 5.91 Å². The molecule has 7 heteroatoms. The lowest BCUT2D eigenvalue weighted by Crippen LogP contribution is -2.43. The number of aromatic nitrogens is 2. The fourth-order valence-electron chi connectivity index (χ4n) is 2.81. The Morgan fingerprint density at radius 2 is 2.28 bits per heavy atom. The molecule has 0 saturated carbocycles. The van der Waals surface area contributed by atoms with Gasteiger partial charge >= 0.3 is 0 Å². The lowest BCUT2D eigenvalue weighted by molar-refractivity contribution is -0.120. The van der Waals surface area contributed by atoms with E-state index in [1.54, 1.807) is 11.3 Å². The quantitative estimate of drug-likeness (QED) is 0.757. The monoisotopic (exact) mass is 379 g/mol. The van der Waals surface area contributed by atoms with Gasteiger partial charge < -0.3 is 9.73 Å². The summed E-state index contributed by atoms with van der Waals surface area (Å²) in [6, 6.07) is 2.19. The van der Waals surface area contributed by atoms with Gasteiger partial charge in [-0.25, -0.2) is 0 Å². The molecule has 0 aliphatic heterocycles. The Bertz CT molecular complexity index is 751. The molecule has 0 aromatic carbocycles. The van der Waals surface area contributed by atoms with Gasteiger partial charge in [-0.3, -0.25) is 4.79 Å². The molecule has 0 bridgehead atoms. The number of thioether (sulfide) groups is 1. The van der Waals surface area contributed by atoms with Crippen LogP contribution in [0.25, 0.3) is 10.8 Å². The number of amides is 1. The molecule has 1 amide bonds.